The summed E-state index contributed by atoms with van der Waals surface area (Å²) in [4.78, 5) is 17.7. The number of pyridine rings is 1. The van der Waals surface area contributed by atoms with E-state index in [1.165, 1.54) is 7.11 Å². The van der Waals surface area contributed by atoms with Gasteiger partial charge in [-0.3, -0.25) is 9.52 Å². The molecule has 11 nitrogen and oxygen atoms in total. The van der Waals surface area contributed by atoms with E-state index in [0.717, 1.165) is 28.6 Å². The Morgan fingerprint density at radius 1 is 1.05 bits per heavy atom. The van der Waals surface area contributed by atoms with Crippen LogP contribution in [0, 0.1) is 6.92 Å². The molecule has 2 heterocycles. The molecule has 1 atom stereocenters. The number of aromatic nitrogens is 1. The summed E-state index contributed by atoms with van der Waals surface area (Å²) in [6, 6.07) is 12.3. The highest BCUT2D eigenvalue weighted by Crippen LogP contribution is 2.39. The van der Waals surface area contributed by atoms with Crippen LogP contribution in [-0.4, -0.2) is 46.3 Å². The number of rotatable bonds is 8. The minimum Gasteiger partial charge on any atom is -0.492 e. The van der Waals surface area contributed by atoms with Gasteiger partial charge in [0.2, 0.25) is 15.9 Å². The summed E-state index contributed by atoms with van der Waals surface area (Å²) in [5, 5.41) is 13.4. The molecular formula is C28H34N6O5S. The van der Waals surface area contributed by atoms with Gasteiger partial charge in [0.05, 0.1) is 44.1 Å². The normalized spacial score (nSPS) is 15.2. The Bertz CT molecular complexity index is 1550. The lowest BCUT2D eigenvalue weighted by Crippen LogP contribution is -2.20. The van der Waals surface area contributed by atoms with E-state index in [0.29, 0.717) is 23.7 Å². The average Bonchev–Trinajstić information content (AvgIpc) is 3.37. The van der Waals surface area contributed by atoms with Gasteiger partial charge in [-0.05, 0) is 59.4 Å². The molecule has 2 aromatic carbocycles. The lowest BCUT2D eigenvalue weighted by molar-refractivity contribution is 0.102. The fraction of sp³-hybridized carbons (Fsp3) is 0.357. The summed E-state index contributed by atoms with van der Waals surface area (Å²) in [7, 11) is -0.609. The summed E-state index contributed by atoms with van der Waals surface area (Å²) in [5.74, 6) is 0.348. The molecule has 0 bridgehead atoms. The van der Waals surface area contributed by atoms with E-state index < -0.39 is 10.0 Å². The van der Waals surface area contributed by atoms with E-state index in [-0.39, 0.29) is 28.8 Å². The third-order valence-electron chi connectivity index (χ3n) is 6.45. The molecule has 3 aromatic rings. The number of aryl methyl sites for hydroxylation is 1. The van der Waals surface area contributed by atoms with E-state index in [2.05, 4.69) is 25.4 Å². The van der Waals surface area contributed by atoms with E-state index in [4.69, 9.17) is 9.47 Å². The van der Waals surface area contributed by atoms with Crippen LogP contribution in [0.15, 0.2) is 59.0 Å². The quantitative estimate of drug-likeness (QED) is 0.380. The Morgan fingerprint density at radius 2 is 1.77 bits per heavy atom. The standard InChI is InChI=1S/C28H34N6O5S/c1-17-8-9-18(12-24(17)34-16-23(31-33-34)19-10-11-25(38-5)29-15-19)27(35)30-21-13-20(28(2,3)4)14-22(26(21)39-6)32-40(7,36)37/h8-15,23,32H,16H2,1-7H3,(H,30,35). The van der Waals surface area contributed by atoms with Crippen molar-refractivity contribution in [1.29, 1.82) is 0 Å². The van der Waals surface area contributed by atoms with Gasteiger partial charge in [-0.15, -0.1) is 0 Å². The number of ether oxygens (including phenoxy) is 2. The van der Waals surface area contributed by atoms with E-state index in [1.54, 1.807) is 48.6 Å². The van der Waals surface area contributed by atoms with Crippen LogP contribution in [0.5, 0.6) is 11.6 Å². The Hall–Kier alpha value is -4.19. The zero-order valence-corrected chi connectivity index (χ0v) is 24.5. The average molecular weight is 567 g/mol. The van der Waals surface area contributed by atoms with Crippen molar-refractivity contribution in [3.8, 4) is 11.6 Å². The molecule has 212 valence electrons. The second-order valence-electron chi connectivity index (χ2n) is 10.6. The predicted octanol–water partition coefficient (Wildman–Crippen LogP) is 5.26. The summed E-state index contributed by atoms with van der Waals surface area (Å²) >= 11 is 0. The van der Waals surface area contributed by atoms with E-state index in [1.807, 2.05) is 39.8 Å². The SMILES string of the molecule is COc1ccc(C2CN(c3cc(C(=O)Nc4cc(C(C)(C)C)cc(NS(C)(=O)=O)c4OC)ccc3C)N=N2)cn1. The molecular weight excluding hydrogens is 532 g/mol. The molecule has 0 fully saturated rings. The Labute approximate surface area is 234 Å². The number of carbonyl (C=O) groups excluding carboxylic acids is 1. The Morgan fingerprint density at radius 3 is 2.38 bits per heavy atom. The van der Waals surface area contributed by atoms with Gasteiger partial charge in [0.15, 0.2) is 5.75 Å². The Kier molecular flexibility index (Phi) is 8.01. The molecule has 4 rings (SSSR count). The van der Waals surface area contributed by atoms with Crippen molar-refractivity contribution in [2.45, 2.75) is 39.2 Å². The van der Waals surface area contributed by atoms with Gasteiger partial charge in [0, 0.05) is 17.8 Å². The lowest BCUT2D eigenvalue weighted by atomic mass is 9.86. The van der Waals surface area contributed by atoms with Gasteiger partial charge in [0.1, 0.15) is 6.04 Å². The van der Waals surface area contributed by atoms with Crippen molar-refractivity contribution < 1.29 is 22.7 Å². The number of methoxy groups -OCH3 is 2. The molecule has 1 aliphatic heterocycles. The van der Waals surface area contributed by atoms with E-state index in [9.17, 15) is 13.2 Å². The molecule has 0 saturated carbocycles. The second-order valence-corrected chi connectivity index (χ2v) is 12.4. The molecule has 0 spiro atoms. The highest BCUT2D eigenvalue weighted by Gasteiger charge is 2.26. The number of hydrogen-bond donors (Lipinski definition) is 2. The van der Waals surface area contributed by atoms with Crippen molar-refractivity contribution in [1.82, 2.24) is 4.98 Å². The van der Waals surface area contributed by atoms with Crippen molar-refractivity contribution >= 4 is 33.0 Å². The molecule has 12 heteroatoms. The van der Waals surface area contributed by atoms with Crippen LogP contribution in [0.1, 0.15) is 53.9 Å². The monoisotopic (exact) mass is 566 g/mol. The molecule has 1 unspecified atom stereocenters. The van der Waals surface area contributed by atoms with Crippen LogP contribution in [0.2, 0.25) is 0 Å². The lowest BCUT2D eigenvalue weighted by Gasteiger charge is -2.24. The van der Waals surface area contributed by atoms with Crippen LogP contribution < -0.4 is 24.5 Å². The number of carbonyl (C=O) groups is 1. The maximum absolute atomic E-state index is 13.5. The van der Waals surface area contributed by atoms with Crippen molar-refractivity contribution in [2.75, 3.05) is 42.1 Å². The highest BCUT2D eigenvalue weighted by molar-refractivity contribution is 7.92. The zero-order chi connectivity index (χ0) is 29.2. The van der Waals surface area contributed by atoms with Gasteiger partial charge < -0.3 is 14.8 Å². The first kappa shape index (κ1) is 28.8. The first-order valence-corrected chi connectivity index (χ1v) is 14.5. The molecule has 40 heavy (non-hydrogen) atoms. The largest absolute Gasteiger partial charge is 0.492 e. The van der Waals surface area contributed by atoms with E-state index >= 15 is 0 Å². The number of anilines is 3. The number of nitrogens with zero attached hydrogens (tertiary/aromatic N) is 4. The maximum Gasteiger partial charge on any atom is 0.255 e. The van der Waals surface area contributed by atoms with Gasteiger partial charge >= 0.3 is 0 Å². The predicted molar refractivity (Wildman–Crippen MR) is 155 cm³/mol. The molecule has 0 radical (unpaired) electrons. The fourth-order valence-electron chi connectivity index (χ4n) is 4.26. The molecule has 2 N–H and O–H groups in total. The molecule has 1 aromatic heterocycles. The van der Waals surface area contributed by atoms with Gasteiger partial charge in [-0.25, -0.2) is 18.4 Å². The number of hydrogen-bond acceptors (Lipinski definition) is 9. The zero-order valence-electron chi connectivity index (χ0n) is 23.6. The third kappa shape index (κ3) is 6.50. The molecule has 1 amide bonds. The first-order chi connectivity index (χ1) is 18.8. The van der Waals surface area contributed by atoms with Crippen LogP contribution in [0.4, 0.5) is 17.1 Å². The smallest absolute Gasteiger partial charge is 0.255 e. The second kappa shape index (κ2) is 11.1. The van der Waals surface area contributed by atoms with Crippen LogP contribution in [0.3, 0.4) is 0 Å². The molecule has 0 saturated heterocycles. The fourth-order valence-corrected chi connectivity index (χ4v) is 4.81. The Balaban J connectivity index is 1.61. The molecule has 0 aliphatic carbocycles. The van der Waals surface area contributed by atoms with Crippen LogP contribution in [-0.2, 0) is 15.4 Å². The summed E-state index contributed by atoms with van der Waals surface area (Å²) in [5.41, 5.74) is 4.05. The summed E-state index contributed by atoms with van der Waals surface area (Å²) in [6.45, 7) is 8.42. The van der Waals surface area contributed by atoms with Crippen LogP contribution >= 0.6 is 0 Å². The topological polar surface area (TPSA) is 135 Å². The first-order valence-electron chi connectivity index (χ1n) is 12.6. The highest BCUT2D eigenvalue weighted by atomic mass is 32.2. The minimum absolute atomic E-state index is 0.208. The number of amides is 1. The van der Waals surface area contributed by atoms with Gasteiger partial charge in [-0.1, -0.05) is 32.1 Å². The van der Waals surface area contributed by atoms with Gasteiger partial charge in [0.25, 0.3) is 5.91 Å². The van der Waals surface area contributed by atoms with Crippen LogP contribution in [0.25, 0.3) is 0 Å². The maximum atomic E-state index is 13.5. The molecule has 1 aliphatic rings. The van der Waals surface area contributed by atoms with Crippen molar-refractivity contribution in [3.05, 3.63) is 70.9 Å². The van der Waals surface area contributed by atoms with Gasteiger partial charge in [-0.2, -0.15) is 5.11 Å². The number of benzene rings is 2. The van der Waals surface area contributed by atoms with Crippen molar-refractivity contribution in [3.63, 3.8) is 0 Å². The van der Waals surface area contributed by atoms with Crippen molar-refractivity contribution in [2.24, 2.45) is 10.3 Å². The minimum atomic E-state index is -3.60. The summed E-state index contributed by atoms with van der Waals surface area (Å²) < 4.78 is 37.2. The summed E-state index contributed by atoms with van der Waals surface area (Å²) in [6.07, 6.45) is 2.78. The number of nitrogens with one attached hydrogen (secondary N) is 2. The number of sulfonamides is 1. The third-order valence-corrected chi connectivity index (χ3v) is 7.04.